The Morgan fingerprint density at radius 1 is 0.903 bits per heavy atom. The zero-order valence-corrected chi connectivity index (χ0v) is 19.5. The van der Waals surface area contributed by atoms with Gasteiger partial charge in [-0.1, -0.05) is 82.8 Å². The number of carbonyl (C=O) groups is 1. The fourth-order valence-corrected chi connectivity index (χ4v) is 4.64. The Labute approximate surface area is 196 Å². The molecule has 9 heteroatoms. The fraction of sp³-hybridized carbons (Fsp3) is 0.136. The number of hydrogen-bond donors (Lipinski definition) is 2. The molecule has 5 nitrogen and oxygen atoms in total. The zero-order chi connectivity index (χ0) is 22.6. The maximum Gasteiger partial charge on any atom is 0.242 e. The fourth-order valence-electron chi connectivity index (χ4n) is 2.85. The van der Waals surface area contributed by atoms with E-state index in [1.807, 2.05) is 37.3 Å². The maximum absolute atomic E-state index is 13.1. The minimum atomic E-state index is -3.95. The molecule has 3 rings (SSSR count). The number of amides is 1. The van der Waals surface area contributed by atoms with E-state index in [9.17, 15) is 13.2 Å². The van der Waals surface area contributed by atoms with E-state index in [0.717, 1.165) is 11.1 Å². The molecule has 3 aromatic carbocycles. The summed E-state index contributed by atoms with van der Waals surface area (Å²) in [6.45, 7) is 1.86. The number of benzene rings is 3. The summed E-state index contributed by atoms with van der Waals surface area (Å²) in [7, 11) is -3.95. The zero-order valence-electron chi connectivity index (χ0n) is 16.4. The lowest BCUT2D eigenvalue weighted by molar-refractivity contribution is -0.117. The summed E-state index contributed by atoms with van der Waals surface area (Å²) in [5.41, 5.74) is 1.94. The molecule has 0 aliphatic heterocycles. The van der Waals surface area contributed by atoms with Gasteiger partial charge in [-0.25, -0.2) is 8.42 Å². The van der Waals surface area contributed by atoms with E-state index in [1.165, 1.54) is 24.3 Å². The van der Waals surface area contributed by atoms with Crippen molar-refractivity contribution in [3.8, 4) is 0 Å². The van der Waals surface area contributed by atoms with Crippen LogP contribution in [0.1, 0.15) is 11.1 Å². The molecule has 0 unspecified atom stereocenters. The Morgan fingerprint density at radius 2 is 1.52 bits per heavy atom. The normalized spacial score (nSPS) is 12.4. The third kappa shape index (κ3) is 6.21. The highest BCUT2D eigenvalue weighted by Gasteiger charge is 2.27. The lowest BCUT2D eigenvalue weighted by atomic mass is 10.1. The smallest absolute Gasteiger partial charge is 0.242 e. The first-order valence-corrected chi connectivity index (χ1v) is 11.9. The minimum absolute atomic E-state index is 0.0662. The lowest BCUT2D eigenvalue weighted by Gasteiger charge is -2.19. The SMILES string of the molecule is Cc1ccc(S(=O)(=O)N[C@@H](Cc2ccccc2)C(=O)Nc2cc(Cl)c(Cl)cc2Cl)cc1. The van der Waals surface area contributed by atoms with Crippen molar-refractivity contribution < 1.29 is 13.2 Å². The number of nitrogens with one attached hydrogen (secondary N) is 2. The molecule has 162 valence electrons. The van der Waals surface area contributed by atoms with Gasteiger partial charge in [0.05, 0.1) is 25.7 Å². The van der Waals surface area contributed by atoms with Crippen LogP contribution in [0.25, 0.3) is 0 Å². The molecule has 1 atom stereocenters. The number of anilines is 1. The van der Waals surface area contributed by atoms with Crippen LogP contribution in [-0.2, 0) is 21.2 Å². The highest BCUT2D eigenvalue weighted by Crippen LogP contribution is 2.32. The summed E-state index contributed by atoms with van der Waals surface area (Å²) in [5, 5.41) is 3.27. The molecule has 0 heterocycles. The second-order valence-corrected chi connectivity index (χ2v) is 9.85. The first kappa shape index (κ1) is 23.6. The van der Waals surface area contributed by atoms with Crippen LogP contribution in [0, 0.1) is 6.92 Å². The van der Waals surface area contributed by atoms with Crippen LogP contribution in [0.4, 0.5) is 5.69 Å². The van der Waals surface area contributed by atoms with E-state index < -0.39 is 22.0 Å². The molecule has 0 saturated heterocycles. The van der Waals surface area contributed by atoms with Crippen molar-refractivity contribution in [2.45, 2.75) is 24.3 Å². The van der Waals surface area contributed by atoms with Crippen molar-refractivity contribution in [2.24, 2.45) is 0 Å². The highest BCUT2D eigenvalue weighted by molar-refractivity contribution is 7.89. The number of hydrogen-bond acceptors (Lipinski definition) is 3. The third-order valence-electron chi connectivity index (χ3n) is 4.50. The minimum Gasteiger partial charge on any atom is -0.323 e. The quantitative estimate of drug-likeness (QED) is 0.424. The Hall–Kier alpha value is -2.09. The highest BCUT2D eigenvalue weighted by atomic mass is 35.5. The first-order valence-electron chi connectivity index (χ1n) is 9.24. The van der Waals surface area contributed by atoms with Crippen LogP contribution in [0.5, 0.6) is 0 Å². The first-order chi connectivity index (χ1) is 14.7. The monoisotopic (exact) mass is 496 g/mol. The standard InChI is InChI=1S/C22H19Cl3N2O3S/c1-14-7-9-16(10-8-14)31(29,30)27-21(11-15-5-3-2-4-6-15)22(28)26-20-13-18(24)17(23)12-19(20)25/h2-10,12-13,21,27H,11H2,1H3,(H,26,28)/t21-/m0/s1. The van der Waals surface area contributed by atoms with Crippen LogP contribution >= 0.6 is 34.8 Å². The molecule has 0 fully saturated rings. The van der Waals surface area contributed by atoms with Crippen LogP contribution in [0.15, 0.2) is 71.6 Å². The van der Waals surface area contributed by atoms with Gasteiger partial charge in [-0.05, 0) is 43.2 Å². The number of rotatable bonds is 7. The summed E-state index contributed by atoms with van der Waals surface area (Å²) < 4.78 is 28.3. The Morgan fingerprint density at radius 3 is 2.16 bits per heavy atom. The van der Waals surface area contributed by atoms with Gasteiger partial charge in [-0.2, -0.15) is 4.72 Å². The van der Waals surface area contributed by atoms with Gasteiger partial charge < -0.3 is 5.32 Å². The molecule has 0 bridgehead atoms. The topological polar surface area (TPSA) is 75.3 Å². The molecule has 31 heavy (non-hydrogen) atoms. The average Bonchev–Trinajstić information content (AvgIpc) is 2.72. The Balaban J connectivity index is 1.89. The lowest BCUT2D eigenvalue weighted by Crippen LogP contribution is -2.45. The Kier molecular flexibility index (Phi) is 7.62. The van der Waals surface area contributed by atoms with Crippen molar-refractivity contribution in [2.75, 3.05) is 5.32 Å². The van der Waals surface area contributed by atoms with E-state index in [2.05, 4.69) is 10.0 Å². The number of carbonyl (C=O) groups excluding carboxylic acids is 1. The molecule has 3 aromatic rings. The molecule has 0 saturated carbocycles. The second-order valence-electron chi connectivity index (χ2n) is 6.91. The average molecular weight is 498 g/mol. The third-order valence-corrected chi connectivity index (χ3v) is 7.02. The molecule has 0 radical (unpaired) electrons. The largest absolute Gasteiger partial charge is 0.323 e. The Bertz CT molecular complexity index is 1180. The van der Waals surface area contributed by atoms with Gasteiger partial charge in [0.15, 0.2) is 0 Å². The number of sulfonamides is 1. The molecular formula is C22H19Cl3N2O3S. The van der Waals surface area contributed by atoms with Gasteiger partial charge >= 0.3 is 0 Å². The summed E-state index contributed by atoms with van der Waals surface area (Å²) in [5.74, 6) is -0.583. The van der Waals surface area contributed by atoms with Gasteiger partial charge in [0, 0.05) is 0 Å². The van der Waals surface area contributed by atoms with Gasteiger partial charge in [0.2, 0.25) is 15.9 Å². The van der Waals surface area contributed by atoms with E-state index >= 15 is 0 Å². The van der Waals surface area contributed by atoms with Crippen molar-refractivity contribution >= 4 is 56.4 Å². The number of aryl methyl sites for hydroxylation is 1. The van der Waals surface area contributed by atoms with E-state index in [0.29, 0.717) is 0 Å². The van der Waals surface area contributed by atoms with Gasteiger partial charge in [0.25, 0.3) is 0 Å². The molecular weight excluding hydrogens is 479 g/mol. The van der Waals surface area contributed by atoms with E-state index in [-0.39, 0.29) is 32.1 Å². The summed E-state index contributed by atoms with van der Waals surface area (Å²) in [6, 6.07) is 17.2. The van der Waals surface area contributed by atoms with Crippen LogP contribution in [0.3, 0.4) is 0 Å². The predicted octanol–water partition coefficient (Wildman–Crippen LogP) is 5.48. The summed E-state index contributed by atoms with van der Waals surface area (Å²) in [6.07, 6.45) is 0.136. The van der Waals surface area contributed by atoms with E-state index in [4.69, 9.17) is 34.8 Å². The molecule has 1 amide bonds. The maximum atomic E-state index is 13.1. The van der Waals surface area contributed by atoms with Crippen molar-refractivity contribution in [3.63, 3.8) is 0 Å². The molecule has 0 aliphatic carbocycles. The predicted molar refractivity (Wildman–Crippen MR) is 126 cm³/mol. The summed E-state index contributed by atoms with van der Waals surface area (Å²) >= 11 is 18.1. The van der Waals surface area contributed by atoms with Crippen LogP contribution in [-0.4, -0.2) is 20.4 Å². The van der Waals surface area contributed by atoms with Crippen LogP contribution in [0.2, 0.25) is 15.1 Å². The summed E-state index contributed by atoms with van der Waals surface area (Å²) in [4.78, 5) is 13.1. The molecule has 0 aliphatic rings. The van der Waals surface area contributed by atoms with Gasteiger partial charge in [-0.15, -0.1) is 0 Å². The van der Waals surface area contributed by atoms with Gasteiger partial charge in [-0.3, -0.25) is 4.79 Å². The second kappa shape index (κ2) is 10.0. The number of halogens is 3. The van der Waals surface area contributed by atoms with Crippen molar-refractivity contribution in [1.29, 1.82) is 0 Å². The van der Waals surface area contributed by atoms with Gasteiger partial charge in [0.1, 0.15) is 6.04 Å². The van der Waals surface area contributed by atoms with E-state index in [1.54, 1.807) is 12.1 Å². The van der Waals surface area contributed by atoms with Crippen molar-refractivity contribution in [3.05, 3.63) is 92.9 Å². The molecule has 0 spiro atoms. The van der Waals surface area contributed by atoms with Crippen molar-refractivity contribution in [1.82, 2.24) is 4.72 Å². The molecule has 0 aromatic heterocycles. The van der Waals surface area contributed by atoms with Crippen LogP contribution < -0.4 is 10.0 Å². The molecule has 2 N–H and O–H groups in total.